The van der Waals surface area contributed by atoms with Crippen LogP contribution < -0.4 is 0 Å². The topological polar surface area (TPSA) is 59.4 Å². The van der Waals surface area contributed by atoms with Gasteiger partial charge in [0.05, 0.1) is 17.5 Å². The van der Waals surface area contributed by atoms with Crippen LogP contribution in [0.1, 0.15) is 12.1 Å². The van der Waals surface area contributed by atoms with E-state index < -0.39 is 11.4 Å². The summed E-state index contributed by atoms with van der Waals surface area (Å²) in [7, 11) is 0. The SMILES string of the molecule is O=C(O)C1(Cc2ccc3ccccc3n2)CCOC1. The van der Waals surface area contributed by atoms with Gasteiger partial charge in [-0.3, -0.25) is 9.78 Å². The summed E-state index contributed by atoms with van der Waals surface area (Å²) in [6.45, 7) is 0.788. The number of carboxylic acids is 1. The van der Waals surface area contributed by atoms with Gasteiger partial charge in [0.1, 0.15) is 0 Å². The number of rotatable bonds is 3. The molecule has 1 fully saturated rings. The predicted octanol–water partition coefficient (Wildman–Crippen LogP) is 2.27. The van der Waals surface area contributed by atoms with Crippen molar-refractivity contribution in [2.24, 2.45) is 5.41 Å². The molecule has 98 valence electrons. The number of hydrogen-bond acceptors (Lipinski definition) is 3. The summed E-state index contributed by atoms with van der Waals surface area (Å²) in [5.41, 5.74) is 0.904. The number of benzene rings is 1. The van der Waals surface area contributed by atoms with Gasteiger partial charge in [0, 0.05) is 24.1 Å². The lowest BCUT2D eigenvalue weighted by molar-refractivity contribution is -0.148. The average Bonchev–Trinajstić information content (AvgIpc) is 2.88. The van der Waals surface area contributed by atoms with E-state index in [1.807, 2.05) is 36.4 Å². The molecule has 0 amide bonds. The first kappa shape index (κ1) is 12.1. The van der Waals surface area contributed by atoms with Crippen LogP contribution in [0.5, 0.6) is 0 Å². The van der Waals surface area contributed by atoms with E-state index in [1.165, 1.54) is 0 Å². The highest BCUT2D eigenvalue weighted by Gasteiger charge is 2.42. The molecule has 1 aromatic carbocycles. The molecule has 4 heteroatoms. The molecule has 1 saturated heterocycles. The van der Waals surface area contributed by atoms with Crippen molar-refractivity contribution >= 4 is 16.9 Å². The highest BCUT2D eigenvalue weighted by Crippen LogP contribution is 2.32. The second-order valence-electron chi connectivity index (χ2n) is 5.06. The molecule has 1 unspecified atom stereocenters. The minimum atomic E-state index is -0.810. The molecule has 1 atom stereocenters. The smallest absolute Gasteiger partial charge is 0.312 e. The van der Waals surface area contributed by atoms with E-state index >= 15 is 0 Å². The maximum atomic E-state index is 11.5. The van der Waals surface area contributed by atoms with Crippen molar-refractivity contribution in [3.63, 3.8) is 0 Å². The Labute approximate surface area is 111 Å². The van der Waals surface area contributed by atoms with Crippen LogP contribution in [0.2, 0.25) is 0 Å². The zero-order valence-electron chi connectivity index (χ0n) is 10.5. The Hall–Kier alpha value is -1.94. The Morgan fingerprint density at radius 1 is 1.32 bits per heavy atom. The molecule has 0 saturated carbocycles. The van der Waals surface area contributed by atoms with Crippen LogP contribution in [0, 0.1) is 5.41 Å². The molecule has 0 aliphatic carbocycles. The van der Waals surface area contributed by atoms with E-state index in [-0.39, 0.29) is 6.61 Å². The Morgan fingerprint density at radius 3 is 2.89 bits per heavy atom. The normalized spacial score (nSPS) is 22.7. The van der Waals surface area contributed by atoms with Gasteiger partial charge in [-0.05, 0) is 18.6 Å². The van der Waals surface area contributed by atoms with Crippen LogP contribution in [0.15, 0.2) is 36.4 Å². The van der Waals surface area contributed by atoms with Crippen molar-refractivity contribution in [3.8, 4) is 0 Å². The third kappa shape index (κ3) is 2.19. The van der Waals surface area contributed by atoms with Crippen molar-refractivity contribution in [1.29, 1.82) is 0 Å². The average molecular weight is 257 g/mol. The number of ether oxygens (including phenoxy) is 1. The summed E-state index contributed by atoms with van der Waals surface area (Å²) in [5, 5.41) is 10.5. The number of aliphatic carboxylic acids is 1. The highest BCUT2D eigenvalue weighted by atomic mass is 16.5. The number of aromatic nitrogens is 1. The van der Waals surface area contributed by atoms with Gasteiger partial charge in [0.15, 0.2) is 0 Å². The van der Waals surface area contributed by atoms with Gasteiger partial charge in [-0.25, -0.2) is 0 Å². The number of para-hydroxylation sites is 1. The summed E-state index contributed by atoms with van der Waals surface area (Å²) >= 11 is 0. The maximum absolute atomic E-state index is 11.5. The van der Waals surface area contributed by atoms with Gasteiger partial charge in [0.25, 0.3) is 0 Å². The van der Waals surface area contributed by atoms with E-state index in [9.17, 15) is 9.90 Å². The van der Waals surface area contributed by atoms with Gasteiger partial charge in [-0.2, -0.15) is 0 Å². The van der Waals surface area contributed by atoms with Crippen molar-refractivity contribution in [2.75, 3.05) is 13.2 Å². The maximum Gasteiger partial charge on any atom is 0.312 e. The van der Waals surface area contributed by atoms with Gasteiger partial charge < -0.3 is 9.84 Å². The quantitative estimate of drug-likeness (QED) is 0.916. The molecular formula is C15H15NO3. The molecule has 0 radical (unpaired) electrons. The minimum Gasteiger partial charge on any atom is -0.481 e. The lowest BCUT2D eigenvalue weighted by atomic mass is 9.82. The van der Waals surface area contributed by atoms with Crippen molar-refractivity contribution in [2.45, 2.75) is 12.8 Å². The first-order valence-electron chi connectivity index (χ1n) is 6.35. The molecule has 1 aromatic heterocycles. The van der Waals surface area contributed by atoms with Gasteiger partial charge >= 0.3 is 5.97 Å². The Kier molecular flexibility index (Phi) is 2.95. The Balaban J connectivity index is 1.94. The molecule has 1 aliphatic rings. The molecule has 4 nitrogen and oxygen atoms in total. The molecule has 1 aliphatic heterocycles. The second kappa shape index (κ2) is 4.63. The lowest BCUT2D eigenvalue weighted by Crippen LogP contribution is -2.34. The van der Waals surface area contributed by atoms with Crippen molar-refractivity contribution in [1.82, 2.24) is 4.98 Å². The van der Waals surface area contributed by atoms with E-state index in [1.54, 1.807) is 0 Å². The lowest BCUT2D eigenvalue weighted by Gasteiger charge is -2.21. The van der Waals surface area contributed by atoms with Crippen LogP contribution in [-0.2, 0) is 16.0 Å². The minimum absolute atomic E-state index is 0.275. The second-order valence-corrected chi connectivity index (χ2v) is 5.06. The first-order valence-corrected chi connectivity index (χ1v) is 6.35. The number of nitrogens with zero attached hydrogens (tertiary/aromatic N) is 1. The molecule has 1 N–H and O–H groups in total. The van der Waals surface area contributed by atoms with Gasteiger partial charge in [-0.15, -0.1) is 0 Å². The van der Waals surface area contributed by atoms with Crippen LogP contribution in [0.3, 0.4) is 0 Å². The fraction of sp³-hybridized carbons (Fsp3) is 0.333. The fourth-order valence-corrected chi connectivity index (χ4v) is 2.54. The number of carbonyl (C=O) groups is 1. The molecule has 0 bridgehead atoms. The van der Waals surface area contributed by atoms with E-state index in [0.29, 0.717) is 19.4 Å². The molecule has 2 aromatic rings. The monoisotopic (exact) mass is 257 g/mol. The summed E-state index contributed by atoms with van der Waals surface area (Å²) in [4.78, 5) is 16.0. The molecule has 0 spiro atoms. The highest BCUT2D eigenvalue weighted by molar-refractivity contribution is 5.79. The zero-order chi connectivity index (χ0) is 13.3. The predicted molar refractivity (Wildman–Crippen MR) is 71.0 cm³/mol. The van der Waals surface area contributed by atoms with E-state index in [0.717, 1.165) is 16.6 Å². The third-order valence-corrected chi connectivity index (χ3v) is 3.73. The Bertz CT molecular complexity index is 618. The van der Waals surface area contributed by atoms with E-state index in [2.05, 4.69) is 4.98 Å². The number of hydrogen-bond donors (Lipinski definition) is 1. The van der Waals surface area contributed by atoms with Gasteiger partial charge in [-0.1, -0.05) is 24.3 Å². The van der Waals surface area contributed by atoms with Crippen LogP contribution in [0.25, 0.3) is 10.9 Å². The number of carboxylic acid groups (broad SMARTS) is 1. The zero-order valence-corrected chi connectivity index (χ0v) is 10.5. The largest absolute Gasteiger partial charge is 0.481 e. The third-order valence-electron chi connectivity index (χ3n) is 3.73. The number of fused-ring (bicyclic) bond motifs is 1. The molecular weight excluding hydrogens is 242 g/mol. The van der Waals surface area contributed by atoms with E-state index in [4.69, 9.17) is 4.74 Å². The number of pyridine rings is 1. The van der Waals surface area contributed by atoms with Crippen molar-refractivity contribution < 1.29 is 14.6 Å². The first-order chi connectivity index (χ1) is 9.20. The summed E-state index contributed by atoms with van der Waals surface area (Å²) in [6, 6.07) is 11.7. The molecule has 19 heavy (non-hydrogen) atoms. The summed E-state index contributed by atoms with van der Waals surface area (Å²) in [6.07, 6.45) is 0.976. The van der Waals surface area contributed by atoms with Crippen molar-refractivity contribution in [3.05, 3.63) is 42.1 Å². The van der Waals surface area contributed by atoms with Crippen LogP contribution in [0.4, 0.5) is 0 Å². The molecule has 2 heterocycles. The summed E-state index contributed by atoms with van der Waals surface area (Å²) in [5.74, 6) is -0.792. The molecule has 3 rings (SSSR count). The summed E-state index contributed by atoms with van der Waals surface area (Å²) < 4.78 is 5.27. The van der Waals surface area contributed by atoms with Crippen LogP contribution >= 0.6 is 0 Å². The fourth-order valence-electron chi connectivity index (χ4n) is 2.54. The Morgan fingerprint density at radius 2 is 2.16 bits per heavy atom. The van der Waals surface area contributed by atoms with Crippen LogP contribution in [-0.4, -0.2) is 29.3 Å². The standard InChI is InChI=1S/C15H15NO3/c17-14(18)15(7-8-19-10-15)9-12-6-5-11-3-1-2-4-13(11)16-12/h1-6H,7-10H2,(H,17,18). The van der Waals surface area contributed by atoms with Gasteiger partial charge in [0.2, 0.25) is 0 Å².